The van der Waals surface area contributed by atoms with Crippen LogP contribution in [0.1, 0.15) is 11.1 Å². The fourth-order valence-electron chi connectivity index (χ4n) is 4.09. The molecule has 0 aliphatic carbocycles. The number of fused-ring (bicyclic) bond motifs is 3. The highest BCUT2D eigenvalue weighted by molar-refractivity contribution is 5.86. The normalized spacial score (nSPS) is 13.4. The molecule has 33 heavy (non-hydrogen) atoms. The molecule has 0 atom stereocenters. The average Bonchev–Trinajstić information content (AvgIpc) is 2.84. The summed E-state index contributed by atoms with van der Waals surface area (Å²) in [6.07, 6.45) is 0. The molecule has 0 N–H and O–H groups in total. The maximum atomic E-state index is 13.2. The van der Waals surface area contributed by atoms with Gasteiger partial charge in [0, 0.05) is 18.5 Å². The first-order chi connectivity index (χ1) is 16.1. The standard InChI is InChI=1S/C26H22FNO5/c1-30-23-10-5-17(12-24(23)31-2)20-11-18-6-9-22-21(25(18)33-26(20)29)14-28(15-32-22)13-16-3-7-19(27)8-4-16/h3-12H,13-15H2,1-2H3. The lowest BCUT2D eigenvalue weighted by Gasteiger charge is -2.29. The third kappa shape index (κ3) is 4.03. The van der Waals surface area contributed by atoms with Crippen LogP contribution in [-0.2, 0) is 13.1 Å². The van der Waals surface area contributed by atoms with Gasteiger partial charge < -0.3 is 18.6 Å². The molecule has 6 nitrogen and oxygen atoms in total. The quantitative estimate of drug-likeness (QED) is 0.403. The summed E-state index contributed by atoms with van der Waals surface area (Å²) >= 11 is 0. The largest absolute Gasteiger partial charge is 0.493 e. The molecule has 1 aliphatic rings. The van der Waals surface area contributed by atoms with E-state index in [0.717, 1.165) is 16.5 Å². The van der Waals surface area contributed by atoms with E-state index >= 15 is 0 Å². The molecule has 0 amide bonds. The molecule has 5 rings (SSSR count). The summed E-state index contributed by atoms with van der Waals surface area (Å²) in [5.41, 5.74) is 2.96. The minimum Gasteiger partial charge on any atom is -0.493 e. The van der Waals surface area contributed by atoms with Gasteiger partial charge in [0.05, 0.1) is 25.3 Å². The van der Waals surface area contributed by atoms with Crippen LogP contribution in [0.15, 0.2) is 69.9 Å². The van der Waals surface area contributed by atoms with E-state index in [1.165, 1.54) is 12.1 Å². The van der Waals surface area contributed by atoms with Crippen LogP contribution in [0.3, 0.4) is 0 Å². The van der Waals surface area contributed by atoms with Crippen molar-refractivity contribution in [3.05, 3.63) is 88.0 Å². The van der Waals surface area contributed by atoms with Gasteiger partial charge in [-0.15, -0.1) is 0 Å². The molecule has 0 bridgehead atoms. The molecule has 0 fully saturated rings. The van der Waals surface area contributed by atoms with Crippen molar-refractivity contribution in [1.82, 2.24) is 4.90 Å². The zero-order chi connectivity index (χ0) is 22.9. The smallest absolute Gasteiger partial charge is 0.344 e. The fourth-order valence-corrected chi connectivity index (χ4v) is 4.09. The van der Waals surface area contributed by atoms with E-state index in [2.05, 4.69) is 4.90 Å². The predicted molar refractivity (Wildman–Crippen MR) is 122 cm³/mol. The van der Waals surface area contributed by atoms with Crippen LogP contribution in [0, 0.1) is 5.82 Å². The van der Waals surface area contributed by atoms with Gasteiger partial charge in [-0.25, -0.2) is 9.18 Å². The molecule has 0 saturated heterocycles. The van der Waals surface area contributed by atoms with Gasteiger partial charge >= 0.3 is 5.63 Å². The van der Waals surface area contributed by atoms with E-state index in [4.69, 9.17) is 18.6 Å². The summed E-state index contributed by atoms with van der Waals surface area (Å²) in [5.74, 6) is 1.54. The Morgan fingerprint density at radius 2 is 1.76 bits per heavy atom. The van der Waals surface area contributed by atoms with Crippen LogP contribution in [-0.4, -0.2) is 25.9 Å². The monoisotopic (exact) mass is 447 g/mol. The highest BCUT2D eigenvalue weighted by atomic mass is 19.1. The minimum atomic E-state index is -0.446. The van der Waals surface area contributed by atoms with Crippen LogP contribution in [0.5, 0.6) is 17.2 Å². The third-order valence-electron chi connectivity index (χ3n) is 5.76. The molecule has 7 heteroatoms. The highest BCUT2D eigenvalue weighted by Crippen LogP contribution is 2.35. The highest BCUT2D eigenvalue weighted by Gasteiger charge is 2.22. The van der Waals surface area contributed by atoms with Crippen molar-refractivity contribution in [1.29, 1.82) is 0 Å². The van der Waals surface area contributed by atoms with Gasteiger partial charge in [0.2, 0.25) is 0 Å². The molecule has 1 aliphatic heterocycles. The van der Waals surface area contributed by atoms with Crippen molar-refractivity contribution in [2.24, 2.45) is 0 Å². The van der Waals surface area contributed by atoms with Crippen molar-refractivity contribution in [3.63, 3.8) is 0 Å². The Kier molecular flexibility index (Phi) is 5.48. The number of hydrogen-bond acceptors (Lipinski definition) is 6. The van der Waals surface area contributed by atoms with Crippen LogP contribution >= 0.6 is 0 Å². The fraction of sp³-hybridized carbons (Fsp3) is 0.192. The van der Waals surface area contributed by atoms with Gasteiger partial charge in [0.25, 0.3) is 0 Å². The van der Waals surface area contributed by atoms with E-state index in [0.29, 0.717) is 53.8 Å². The molecule has 0 saturated carbocycles. The van der Waals surface area contributed by atoms with E-state index in [1.54, 1.807) is 44.6 Å². The van der Waals surface area contributed by atoms with Crippen molar-refractivity contribution < 1.29 is 23.0 Å². The second-order valence-electron chi connectivity index (χ2n) is 7.86. The first-order valence-corrected chi connectivity index (χ1v) is 10.5. The molecule has 2 heterocycles. The van der Waals surface area contributed by atoms with E-state index in [9.17, 15) is 9.18 Å². The van der Waals surface area contributed by atoms with E-state index in [-0.39, 0.29) is 5.82 Å². The molecular formula is C26H22FNO5. The number of ether oxygens (including phenoxy) is 3. The Hall–Kier alpha value is -3.84. The summed E-state index contributed by atoms with van der Waals surface area (Å²) in [6.45, 7) is 1.52. The van der Waals surface area contributed by atoms with Gasteiger partial charge in [0.1, 0.15) is 23.9 Å². The number of nitrogens with zero attached hydrogens (tertiary/aromatic N) is 1. The van der Waals surface area contributed by atoms with Crippen LogP contribution in [0.2, 0.25) is 0 Å². The van der Waals surface area contributed by atoms with Crippen molar-refractivity contribution >= 4 is 11.0 Å². The maximum Gasteiger partial charge on any atom is 0.344 e. The van der Waals surface area contributed by atoms with E-state index < -0.39 is 5.63 Å². The molecule has 4 aromatic rings. The van der Waals surface area contributed by atoms with Gasteiger partial charge in [-0.05, 0) is 53.6 Å². The average molecular weight is 447 g/mol. The van der Waals surface area contributed by atoms with Crippen molar-refractivity contribution in [2.45, 2.75) is 13.1 Å². The number of rotatable bonds is 5. The molecule has 168 valence electrons. The zero-order valence-corrected chi connectivity index (χ0v) is 18.3. The second kappa shape index (κ2) is 8.60. The minimum absolute atomic E-state index is 0.267. The molecule has 1 aromatic heterocycles. The number of hydrogen-bond donors (Lipinski definition) is 0. The summed E-state index contributed by atoms with van der Waals surface area (Å²) < 4.78 is 35.6. The summed E-state index contributed by atoms with van der Waals surface area (Å²) in [4.78, 5) is 15.0. The molecule has 0 spiro atoms. The molecule has 0 radical (unpaired) electrons. The Labute approximate surface area is 189 Å². The first-order valence-electron chi connectivity index (χ1n) is 10.5. The number of halogens is 1. The molecule has 0 unspecified atom stereocenters. The summed E-state index contributed by atoms with van der Waals surface area (Å²) in [5, 5.41) is 0.797. The van der Waals surface area contributed by atoms with Gasteiger partial charge in [0.15, 0.2) is 11.5 Å². The Morgan fingerprint density at radius 3 is 2.52 bits per heavy atom. The van der Waals surface area contributed by atoms with Gasteiger partial charge in [-0.2, -0.15) is 0 Å². The van der Waals surface area contributed by atoms with Crippen LogP contribution in [0.25, 0.3) is 22.1 Å². The predicted octanol–water partition coefficient (Wildman–Crippen LogP) is 4.97. The molecular weight excluding hydrogens is 425 g/mol. The van der Waals surface area contributed by atoms with E-state index in [1.807, 2.05) is 18.2 Å². The van der Waals surface area contributed by atoms with Gasteiger partial charge in [-0.1, -0.05) is 18.2 Å². The maximum absolute atomic E-state index is 13.2. The topological polar surface area (TPSA) is 61.1 Å². The first kappa shape index (κ1) is 21.0. The Bertz CT molecular complexity index is 1380. The third-order valence-corrected chi connectivity index (χ3v) is 5.76. The number of methoxy groups -OCH3 is 2. The lowest BCUT2D eigenvalue weighted by Crippen LogP contribution is -2.31. The Balaban J connectivity index is 1.50. The summed E-state index contributed by atoms with van der Waals surface area (Å²) in [7, 11) is 3.11. The lowest BCUT2D eigenvalue weighted by atomic mass is 10.0. The molecule has 3 aromatic carbocycles. The van der Waals surface area contributed by atoms with Crippen LogP contribution in [0.4, 0.5) is 4.39 Å². The second-order valence-corrected chi connectivity index (χ2v) is 7.86. The van der Waals surface area contributed by atoms with Crippen molar-refractivity contribution in [2.75, 3.05) is 21.0 Å². The van der Waals surface area contributed by atoms with Gasteiger partial charge in [-0.3, -0.25) is 4.90 Å². The van der Waals surface area contributed by atoms with Crippen molar-refractivity contribution in [3.8, 4) is 28.4 Å². The Morgan fingerprint density at radius 1 is 0.970 bits per heavy atom. The zero-order valence-electron chi connectivity index (χ0n) is 18.3. The summed E-state index contributed by atoms with van der Waals surface area (Å²) in [6, 6.07) is 17.3. The SMILES string of the molecule is COc1ccc(-c2cc3ccc4c(c3oc2=O)CN(Cc2ccc(F)cc2)CO4)cc1OC. The lowest BCUT2D eigenvalue weighted by molar-refractivity contribution is 0.0889. The number of benzene rings is 3. The van der Waals surface area contributed by atoms with Crippen LogP contribution < -0.4 is 19.8 Å².